The molecule has 1 fully saturated rings. The van der Waals surface area contributed by atoms with Gasteiger partial charge in [0, 0.05) is 25.7 Å². The van der Waals surface area contributed by atoms with Crippen LogP contribution in [0.3, 0.4) is 0 Å². The quantitative estimate of drug-likeness (QED) is 0.857. The zero-order valence-electron chi connectivity index (χ0n) is 15.2. The van der Waals surface area contributed by atoms with Crippen molar-refractivity contribution in [2.45, 2.75) is 39.3 Å². The van der Waals surface area contributed by atoms with Gasteiger partial charge < -0.3 is 20.3 Å². The number of anilines is 2. The number of hydrogen-bond donors (Lipinski definition) is 1. The maximum Gasteiger partial charge on any atom is 0.410 e. The highest BCUT2D eigenvalue weighted by Gasteiger charge is 2.32. The Bertz CT molecular complexity index is 787. The van der Waals surface area contributed by atoms with Crippen LogP contribution < -0.4 is 10.6 Å². The van der Waals surface area contributed by atoms with E-state index in [4.69, 9.17) is 10.5 Å². The van der Waals surface area contributed by atoms with Crippen LogP contribution in [-0.2, 0) is 4.74 Å². The molecule has 0 spiro atoms. The summed E-state index contributed by atoms with van der Waals surface area (Å²) >= 11 is 0. The number of nitrogens with two attached hydrogens (primary N) is 1. The third kappa shape index (κ3) is 3.75. The fourth-order valence-electron chi connectivity index (χ4n) is 2.98. The molecule has 25 heavy (non-hydrogen) atoms. The average Bonchev–Trinajstić information content (AvgIpc) is 2.52. The fraction of sp³-hybridized carbons (Fsp3) is 0.500. The van der Waals surface area contributed by atoms with Gasteiger partial charge in [0.2, 0.25) is 0 Å². The molecule has 0 saturated carbocycles. The molecule has 2 N–H and O–H groups in total. The molecule has 7 nitrogen and oxygen atoms in total. The van der Waals surface area contributed by atoms with Gasteiger partial charge in [-0.15, -0.1) is 0 Å². The Morgan fingerprint density at radius 1 is 1.20 bits per heavy atom. The molecule has 0 bridgehead atoms. The largest absolute Gasteiger partial charge is 0.444 e. The maximum atomic E-state index is 12.3. The zero-order valence-corrected chi connectivity index (χ0v) is 15.2. The Morgan fingerprint density at radius 2 is 1.84 bits per heavy atom. The van der Waals surface area contributed by atoms with Crippen LogP contribution >= 0.6 is 0 Å². The summed E-state index contributed by atoms with van der Waals surface area (Å²) < 4.78 is 5.49. The summed E-state index contributed by atoms with van der Waals surface area (Å²) in [6.45, 7) is 9.45. The van der Waals surface area contributed by atoms with Crippen LogP contribution in [-0.4, -0.2) is 52.2 Å². The smallest absolute Gasteiger partial charge is 0.410 e. The van der Waals surface area contributed by atoms with Crippen molar-refractivity contribution < 1.29 is 9.53 Å². The lowest BCUT2D eigenvalue weighted by Crippen LogP contribution is -2.55. The van der Waals surface area contributed by atoms with E-state index in [-0.39, 0.29) is 12.1 Å². The number of nitrogen functional groups attached to an aromatic ring is 1. The lowest BCUT2D eigenvalue weighted by atomic mass is 10.2. The minimum atomic E-state index is -0.498. The van der Waals surface area contributed by atoms with E-state index in [0.29, 0.717) is 31.3 Å². The second-order valence-electron chi connectivity index (χ2n) is 7.39. The van der Waals surface area contributed by atoms with Crippen LogP contribution in [0.4, 0.5) is 16.4 Å². The number of nitrogens with zero attached hydrogens (tertiary/aromatic N) is 4. The van der Waals surface area contributed by atoms with Gasteiger partial charge in [-0.2, -0.15) is 0 Å². The number of para-hydroxylation sites is 2. The lowest BCUT2D eigenvalue weighted by molar-refractivity contribution is 0.0159. The molecule has 2 aromatic rings. The van der Waals surface area contributed by atoms with Crippen molar-refractivity contribution in [3.8, 4) is 0 Å². The molecule has 1 amide bonds. The van der Waals surface area contributed by atoms with Crippen molar-refractivity contribution in [3.05, 3.63) is 24.3 Å². The first-order valence-corrected chi connectivity index (χ1v) is 8.51. The molecule has 1 aliphatic heterocycles. The van der Waals surface area contributed by atoms with Gasteiger partial charge in [0.25, 0.3) is 0 Å². The predicted octanol–water partition coefficient (Wildman–Crippen LogP) is 2.66. The number of hydrogen-bond acceptors (Lipinski definition) is 6. The molecule has 1 saturated heterocycles. The van der Waals surface area contributed by atoms with E-state index >= 15 is 0 Å². The number of carbonyl (C=O) groups excluding carboxylic acids is 1. The van der Waals surface area contributed by atoms with Crippen molar-refractivity contribution >= 4 is 28.8 Å². The molecule has 2 heterocycles. The number of ether oxygens (including phenoxy) is 1. The van der Waals surface area contributed by atoms with E-state index in [2.05, 4.69) is 14.9 Å². The molecule has 1 aromatic carbocycles. The van der Waals surface area contributed by atoms with Crippen molar-refractivity contribution in [1.29, 1.82) is 0 Å². The van der Waals surface area contributed by atoms with Gasteiger partial charge in [-0.25, -0.2) is 14.8 Å². The van der Waals surface area contributed by atoms with Crippen molar-refractivity contribution in [2.24, 2.45) is 0 Å². The van der Waals surface area contributed by atoms with E-state index in [1.165, 1.54) is 0 Å². The molecular formula is C18H25N5O2. The molecule has 1 atom stereocenters. The topological polar surface area (TPSA) is 84.6 Å². The van der Waals surface area contributed by atoms with Crippen LogP contribution in [0.1, 0.15) is 27.7 Å². The van der Waals surface area contributed by atoms with E-state index < -0.39 is 5.60 Å². The van der Waals surface area contributed by atoms with E-state index in [0.717, 1.165) is 11.0 Å². The molecule has 7 heteroatoms. The van der Waals surface area contributed by atoms with Gasteiger partial charge in [0.15, 0.2) is 11.6 Å². The second kappa shape index (κ2) is 6.38. The second-order valence-corrected chi connectivity index (χ2v) is 7.39. The number of amides is 1. The Hall–Kier alpha value is -2.57. The summed E-state index contributed by atoms with van der Waals surface area (Å²) in [5.74, 6) is 1.09. The van der Waals surface area contributed by atoms with E-state index in [1.54, 1.807) is 4.90 Å². The lowest BCUT2D eigenvalue weighted by Gasteiger charge is -2.40. The predicted molar refractivity (Wildman–Crippen MR) is 98.6 cm³/mol. The minimum absolute atomic E-state index is 0.00345. The average molecular weight is 343 g/mol. The summed E-state index contributed by atoms with van der Waals surface area (Å²) in [6.07, 6.45) is -0.280. The molecule has 0 aliphatic carbocycles. The van der Waals surface area contributed by atoms with Gasteiger partial charge in [0.05, 0.1) is 11.0 Å². The highest BCUT2D eigenvalue weighted by molar-refractivity contribution is 5.80. The molecule has 1 aromatic heterocycles. The molecule has 1 aliphatic rings. The van der Waals surface area contributed by atoms with Gasteiger partial charge in [0.1, 0.15) is 5.60 Å². The van der Waals surface area contributed by atoms with Gasteiger partial charge in [-0.3, -0.25) is 0 Å². The third-order valence-electron chi connectivity index (χ3n) is 4.13. The van der Waals surface area contributed by atoms with Crippen molar-refractivity contribution in [1.82, 2.24) is 14.9 Å². The monoisotopic (exact) mass is 343 g/mol. The molecule has 3 rings (SSSR count). The van der Waals surface area contributed by atoms with Gasteiger partial charge in [-0.1, -0.05) is 12.1 Å². The van der Waals surface area contributed by atoms with Crippen LogP contribution in [0, 0.1) is 0 Å². The Morgan fingerprint density at radius 3 is 2.44 bits per heavy atom. The maximum absolute atomic E-state index is 12.3. The van der Waals surface area contributed by atoms with Gasteiger partial charge in [-0.05, 0) is 39.8 Å². The summed E-state index contributed by atoms with van der Waals surface area (Å²) in [5, 5.41) is 0. The Labute approximate surface area is 147 Å². The van der Waals surface area contributed by atoms with Crippen LogP contribution in [0.25, 0.3) is 11.0 Å². The highest BCUT2D eigenvalue weighted by atomic mass is 16.6. The summed E-state index contributed by atoms with van der Waals surface area (Å²) in [6, 6.07) is 7.66. The number of fused-ring (bicyclic) bond motifs is 1. The first-order valence-electron chi connectivity index (χ1n) is 8.51. The molecule has 0 radical (unpaired) electrons. The number of benzene rings is 1. The molecule has 0 unspecified atom stereocenters. The Kier molecular flexibility index (Phi) is 4.41. The van der Waals surface area contributed by atoms with Gasteiger partial charge >= 0.3 is 6.09 Å². The van der Waals surface area contributed by atoms with Crippen LogP contribution in [0.5, 0.6) is 0 Å². The molecule has 134 valence electrons. The van der Waals surface area contributed by atoms with Crippen molar-refractivity contribution in [2.75, 3.05) is 30.3 Å². The number of aromatic nitrogens is 2. The van der Waals surface area contributed by atoms with E-state index in [1.807, 2.05) is 52.0 Å². The SMILES string of the molecule is C[C@H]1CN(c2nc3ccccc3nc2N)CCN1C(=O)OC(C)(C)C. The zero-order chi connectivity index (χ0) is 18.2. The summed E-state index contributed by atoms with van der Waals surface area (Å²) in [5.41, 5.74) is 7.22. The summed E-state index contributed by atoms with van der Waals surface area (Å²) in [4.78, 5) is 25.3. The van der Waals surface area contributed by atoms with Crippen LogP contribution in [0.2, 0.25) is 0 Å². The summed E-state index contributed by atoms with van der Waals surface area (Å²) in [7, 11) is 0. The standard InChI is InChI=1S/C18H25N5O2/c1-12-11-22(9-10-23(12)17(24)25-18(2,3)4)16-15(19)20-13-7-5-6-8-14(13)21-16/h5-8,12H,9-11H2,1-4H3,(H2,19,20)/t12-/m0/s1. The fourth-order valence-corrected chi connectivity index (χ4v) is 2.98. The first-order chi connectivity index (χ1) is 11.7. The third-order valence-corrected chi connectivity index (χ3v) is 4.13. The first kappa shape index (κ1) is 17.3. The number of carbonyl (C=O) groups is 1. The van der Waals surface area contributed by atoms with Crippen molar-refractivity contribution in [3.63, 3.8) is 0 Å². The minimum Gasteiger partial charge on any atom is -0.444 e. The van der Waals surface area contributed by atoms with Crippen LogP contribution in [0.15, 0.2) is 24.3 Å². The highest BCUT2D eigenvalue weighted by Crippen LogP contribution is 2.25. The Balaban J connectivity index is 1.77. The van der Waals surface area contributed by atoms with E-state index in [9.17, 15) is 4.79 Å². The number of piperazine rings is 1. The normalized spacial score (nSPS) is 18.5. The number of rotatable bonds is 1. The molecular weight excluding hydrogens is 318 g/mol.